The smallest absolute Gasteiger partial charge is 0.255 e. The molecular formula is C31H39Cl4N3O. The first-order chi connectivity index (χ1) is 16.9. The maximum atomic E-state index is 12.8. The van der Waals surface area contributed by atoms with Crippen LogP contribution >= 0.6 is 49.6 Å². The number of aromatic nitrogens is 1. The number of carbonyl (C=O) groups excluding carboxylic acids is 1. The van der Waals surface area contributed by atoms with Crippen LogP contribution in [0.4, 0.5) is 5.69 Å². The van der Waals surface area contributed by atoms with Crippen LogP contribution < -0.4 is 10.6 Å². The molecule has 1 fully saturated rings. The molecule has 0 radical (unpaired) electrons. The number of halogens is 4. The number of benzene rings is 3. The summed E-state index contributed by atoms with van der Waals surface area (Å²) in [7, 11) is 0. The van der Waals surface area contributed by atoms with Gasteiger partial charge in [0.05, 0.1) is 5.52 Å². The van der Waals surface area contributed by atoms with Gasteiger partial charge in [-0.3, -0.25) is 4.79 Å². The highest BCUT2D eigenvalue weighted by atomic mass is 35.5. The van der Waals surface area contributed by atoms with Crippen molar-refractivity contribution in [3.8, 4) is 0 Å². The van der Waals surface area contributed by atoms with Gasteiger partial charge in [0.25, 0.3) is 5.91 Å². The Kier molecular flexibility index (Phi) is 13.4. The summed E-state index contributed by atoms with van der Waals surface area (Å²) < 4.78 is 2.36. The van der Waals surface area contributed by atoms with Crippen molar-refractivity contribution in [2.75, 3.05) is 18.4 Å². The fourth-order valence-electron chi connectivity index (χ4n) is 5.09. The zero-order valence-corrected chi connectivity index (χ0v) is 25.9. The number of nitrogens with zero attached hydrogens (tertiary/aromatic N) is 1. The molecule has 1 aliphatic heterocycles. The van der Waals surface area contributed by atoms with Crippen molar-refractivity contribution in [3.63, 3.8) is 0 Å². The minimum atomic E-state index is -0.0839. The lowest BCUT2D eigenvalue weighted by atomic mass is 9.87. The SMILES string of the molecule is CC(C)(C)c1ccc(Cn2cc(C3CCNCC3)c3ccc(NC(=O)c4ccccc4)cc32)cc1.Cl.Cl.Cl.Cl. The van der Waals surface area contributed by atoms with E-state index in [2.05, 4.69) is 78.6 Å². The molecule has 2 N–H and O–H groups in total. The van der Waals surface area contributed by atoms with Crippen molar-refractivity contribution >= 4 is 72.1 Å². The van der Waals surface area contributed by atoms with Crippen molar-refractivity contribution in [2.45, 2.75) is 51.5 Å². The van der Waals surface area contributed by atoms with Crippen LogP contribution in [0.3, 0.4) is 0 Å². The van der Waals surface area contributed by atoms with E-state index >= 15 is 0 Å². The number of fused-ring (bicyclic) bond motifs is 1. The molecule has 0 bridgehead atoms. The fourth-order valence-corrected chi connectivity index (χ4v) is 5.09. The first kappa shape index (κ1) is 34.8. The highest BCUT2D eigenvalue weighted by Crippen LogP contribution is 2.35. The van der Waals surface area contributed by atoms with E-state index in [1.807, 2.05) is 36.4 Å². The van der Waals surface area contributed by atoms with E-state index in [1.165, 1.54) is 27.6 Å². The molecule has 0 aliphatic carbocycles. The first-order valence-electron chi connectivity index (χ1n) is 12.7. The van der Waals surface area contributed by atoms with E-state index in [1.54, 1.807) is 0 Å². The standard InChI is InChI=1S/C31H35N3O.4ClH/c1-31(2,3)25-11-9-22(10-12-25)20-34-21-28(23-15-17-32-18-16-23)27-14-13-26(19-29(27)34)33-30(35)24-7-5-4-6-8-24;;;;/h4-14,19,21,23,32H,15-18,20H2,1-3H3,(H,33,35);4*1H. The molecule has 5 rings (SSSR count). The van der Waals surface area contributed by atoms with Crippen molar-refractivity contribution in [1.29, 1.82) is 0 Å². The number of rotatable bonds is 5. The van der Waals surface area contributed by atoms with Crippen molar-refractivity contribution < 1.29 is 4.79 Å². The summed E-state index contributed by atoms with van der Waals surface area (Å²) in [5.74, 6) is 0.479. The third-order valence-corrected chi connectivity index (χ3v) is 7.16. The van der Waals surface area contributed by atoms with Crippen LogP contribution in [0.1, 0.15) is 66.6 Å². The normalized spacial score (nSPS) is 13.3. The van der Waals surface area contributed by atoms with Crippen LogP contribution in [0.15, 0.2) is 79.0 Å². The van der Waals surface area contributed by atoms with Gasteiger partial charge in [-0.15, -0.1) is 49.6 Å². The lowest BCUT2D eigenvalue weighted by Crippen LogP contribution is -2.26. The molecule has 0 saturated carbocycles. The number of amides is 1. The number of carbonyl (C=O) groups is 1. The van der Waals surface area contributed by atoms with Crippen LogP contribution in [-0.2, 0) is 12.0 Å². The van der Waals surface area contributed by atoms with Crippen molar-refractivity contribution in [2.24, 2.45) is 0 Å². The van der Waals surface area contributed by atoms with E-state index in [4.69, 9.17) is 0 Å². The predicted octanol–water partition coefficient (Wildman–Crippen LogP) is 8.39. The maximum absolute atomic E-state index is 12.8. The monoisotopic (exact) mass is 609 g/mol. The second-order valence-corrected chi connectivity index (χ2v) is 10.7. The summed E-state index contributed by atoms with van der Waals surface area (Å²) in [6, 6.07) is 24.7. The number of hydrogen-bond donors (Lipinski definition) is 2. The number of piperidine rings is 1. The molecule has 1 aliphatic rings. The topological polar surface area (TPSA) is 46.1 Å². The second-order valence-electron chi connectivity index (χ2n) is 10.7. The number of hydrogen-bond acceptors (Lipinski definition) is 2. The summed E-state index contributed by atoms with van der Waals surface area (Å²) in [6.07, 6.45) is 4.67. The highest BCUT2D eigenvalue weighted by molar-refractivity contribution is 6.05. The number of nitrogens with one attached hydrogen (secondary N) is 2. The first-order valence-corrected chi connectivity index (χ1v) is 12.7. The Hall–Kier alpha value is -2.21. The summed E-state index contributed by atoms with van der Waals surface area (Å²) in [5.41, 5.74) is 6.86. The fraction of sp³-hybridized carbons (Fsp3) is 0.323. The van der Waals surface area contributed by atoms with Gasteiger partial charge in [0, 0.05) is 29.4 Å². The molecule has 2 heterocycles. The lowest BCUT2D eigenvalue weighted by molar-refractivity contribution is 0.102. The van der Waals surface area contributed by atoms with Crippen molar-refractivity contribution in [1.82, 2.24) is 9.88 Å². The Morgan fingerprint density at radius 2 is 1.54 bits per heavy atom. The minimum absolute atomic E-state index is 0. The molecule has 0 atom stereocenters. The van der Waals surface area contributed by atoms with E-state index in [-0.39, 0.29) is 61.0 Å². The Bertz CT molecular complexity index is 1330. The maximum Gasteiger partial charge on any atom is 0.255 e. The minimum Gasteiger partial charge on any atom is -0.343 e. The van der Waals surface area contributed by atoms with Gasteiger partial charge in [0.15, 0.2) is 0 Å². The average Bonchev–Trinajstić information content (AvgIpc) is 3.22. The summed E-state index contributed by atoms with van der Waals surface area (Å²) in [6.45, 7) is 9.68. The molecule has 0 unspecified atom stereocenters. The Balaban J connectivity index is 0.00000190. The number of anilines is 1. The van der Waals surface area contributed by atoms with Crippen LogP contribution in [0.5, 0.6) is 0 Å². The van der Waals surface area contributed by atoms with Gasteiger partial charge in [0.1, 0.15) is 0 Å². The quantitative estimate of drug-likeness (QED) is 0.238. The van der Waals surface area contributed by atoms with Gasteiger partial charge in [0.2, 0.25) is 0 Å². The molecule has 0 spiro atoms. The molecule has 3 aromatic carbocycles. The van der Waals surface area contributed by atoms with Gasteiger partial charge in [-0.1, -0.05) is 69.3 Å². The molecule has 39 heavy (non-hydrogen) atoms. The van der Waals surface area contributed by atoms with E-state index in [9.17, 15) is 4.79 Å². The molecule has 8 heteroatoms. The van der Waals surface area contributed by atoms with Gasteiger partial charge in [-0.05, 0) is 78.2 Å². The van der Waals surface area contributed by atoms with Gasteiger partial charge >= 0.3 is 0 Å². The van der Waals surface area contributed by atoms with Crippen molar-refractivity contribution in [3.05, 3.63) is 101 Å². The zero-order chi connectivity index (χ0) is 24.4. The molecule has 4 aromatic rings. The lowest BCUT2D eigenvalue weighted by Gasteiger charge is -2.22. The second kappa shape index (κ2) is 15.0. The van der Waals surface area contributed by atoms with Gasteiger partial charge in [-0.25, -0.2) is 0 Å². The predicted molar refractivity (Wildman–Crippen MR) is 174 cm³/mol. The molecule has 212 valence electrons. The van der Waals surface area contributed by atoms with Gasteiger partial charge in [-0.2, -0.15) is 0 Å². The van der Waals surface area contributed by atoms with E-state index in [0.29, 0.717) is 11.5 Å². The van der Waals surface area contributed by atoms with E-state index < -0.39 is 0 Å². The van der Waals surface area contributed by atoms with E-state index in [0.717, 1.165) is 38.2 Å². The summed E-state index contributed by atoms with van der Waals surface area (Å²) in [4.78, 5) is 12.8. The Labute approximate surface area is 257 Å². The summed E-state index contributed by atoms with van der Waals surface area (Å²) >= 11 is 0. The Morgan fingerprint density at radius 3 is 2.15 bits per heavy atom. The third-order valence-electron chi connectivity index (χ3n) is 7.16. The van der Waals surface area contributed by atoms with Crippen LogP contribution in [-0.4, -0.2) is 23.6 Å². The molecular weight excluding hydrogens is 572 g/mol. The third kappa shape index (κ3) is 8.15. The molecule has 1 saturated heterocycles. The van der Waals surface area contributed by atoms with Crippen LogP contribution in [0.25, 0.3) is 10.9 Å². The highest BCUT2D eigenvalue weighted by Gasteiger charge is 2.21. The van der Waals surface area contributed by atoms with Crippen LogP contribution in [0.2, 0.25) is 0 Å². The molecule has 1 aromatic heterocycles. The summed E-state index contributed by atoms with van der Waals surface area (Å²) in [5, 5.41) is 7.87. The molecule has 4 nitrogen and oxygen atoms in total. The largest absolute Gasteiger partial charge is 0.343 e. The average molecular weight is 611 g/mol. The van der Waals surface area contributed by atoms with Crippen LogP contribution in [0, 0.1) is 0 Å². The molecule has 1 amide bonds. The van der Waals surface area contributed by atoms with Gasteiger partial charge < -0.3 is 15.2 Å². The zero-order valence-electron chi connectivity index (χ0n) is 22.6. The Morgan fingerprint density at radius 1 is 0.897 bits per heavy atom.